The van der Waals surface area contributed by atoms with Crippen LogP contribution in [-0.4, -0.2) is 9.68 Å². The van der Waals surface area contributed by atoms with Crippen LogP contribution in [-0.2, 0) is 0 Å². The van der Waals surface area contributed by atoms with Crippen molar-refractivity contribution < 1.29 is 0 Å². The summed E-state index contributed by atoms with van der Waals surface area (Å²) >= 11 is 0. The molecule has 0 bridgehead atoms. The Bertz CT molecular complexity index is 53.9. The van der Waals surface area contributed by atoms with Gasteiger partial charge in [-0.1, -0.05) is 6.55 Å². The van der Waals surface area contributed by atoms with Crippen LogP contribution in [0.15, 0.2) is 4.78 Å². The van der Waals surface area contributed by atoms with Crippen molar-refractivity contribution in [2.24, 2.45) is 4.78 Å². The van der Waals surface area contributed by atoms with E-state index in [1.54, 1.807) is 0 Å². The van der Waals surface area contributed by atoms with Crippen LogP contribution in [0, 0.1) is 0 Å². The molecule has 0 fully saturated rings. The van der Waals surface area contributed by atoms with Crippen molar-refractivity contribution in [3.8, 4) is 0 Å². The highest BCUT2D eigenvalue weighted by molar-refractivity contribution is 6.30. The lowest BCUT2D eigenvalue weighted by Crippen LogP contribution is -1.60. The largest absolute Gasteiger partial charge is 0.147 e. The molecule has 0 aromatic heterocycles. The van der Waals surface area contributed by atoms with Crippen molar-refractivity contribution in [2.45, 2.75) is 6.55 Å². The molecular formula is CH3N3Si. The maximum Gasteiger partial charge on any atom is 0.147 e. The zero-order chi connectivity index (χ0) is 4.12. The van der Waals surface area contributed by atoms with Gasteiger partial charge < -0.3 is 0 Å². The van der Waals surface area contributed by atoms with E-state index in [0.29, 0.717) is 9.68 Å². The molecule has 0 aliphatic heterocycles. The van der Waals surface area contributed by atoms with E-state index in [-0.39, 0.29) is 0 Å². The van der Waals surface area contributed by atoms with Crippen molar-refractivity contribution in [1.82, 2.24) is 0 Å². The fourth-order valence-electron chi connectivity index (χ4n) is 0.0447. The van der Waals surface area contributed by atoms with Gasteiger partial charge >= 0.3 is 0 Å². The van der Waals surface area contributed by atoms with Crippen molar-refractivity contribution >= 4 is 9.68 Å². The first-order valence-electron chi connectivity index (χ1n) is 1.12. The molecular weight excluding hydrogens is 82.1 g/mol. The molecule has 0 unspecified atom stereocenters. The van der Waals surface area contributed by atoms with E-state index in [4.69, 9.17) is 5.53 Å². The molecule has 0 rings (SSSR count). The summed E-state index contributed by atoms with van der Waals surface area (Å²) in [5.74, 6) is 0. The summed E-state index contributed by atoms with van der Waals surface area (Å²) in [5.41, 5.74) is 7.53. The average Bonchev–Trinajstić information content (AvgIpc) is 1.41. The Labute approximate surface area is 32.5 Å². The van der Waals surface area contributed by atoms with Crippen molar-refractivity contribution in [3.05, 3.63) is 10.4 Å². The Morgan fingerprint density at radius 2 is 2.60 bits per heavy atom. The number of hydrogen-bond acceptors (Lipinski definition) is 1. The standard InChI is InChI=1S/CH3N3Si/c1-5-4-3-2/h1H3. The van der Waals surface area contributed by atoms with Gasteiger partial charge in [-0.05, 0) is 10.4 Å². The second-order valence-corrected chi connectivity index (χ2v) is 1.06. The number of rotatable bonds is 1. The van der Waals surface area contributed by atoms with Crippen LogP contribution < -0.4 is 0 Å². The zero-order valence-corrected chi connectivity index (χ0v) is 3.84. The maximum atomic E-state index is 7.53. The van der Waals surface area contributed by atoms with Crippen molar-refractivity contribution in [2.75, 3.05) is 0 Å². The second-order valence-electron chi connectivity index (χ2n) is 0.413. The predicted octanol–water partition coefficient (Wildman–Crippen LogP) is 0.964. The third-order valence-electron chi connectivity index (χ3n) is 0.145. The van der Waals surface area contributed by atoms with Crippen LogP contribution in [0.5, 0.6) is 0 Å². The maximum absolute atomic E-state index is 7.53. The first kappa shape index (κ1) is 4.53. The van der Waals surface area contributed by atoms with Gasteiger partial charge in [0.2, 0.25) is 0 Å². The van der Waals surface area contributed by atoms with Crippen LogP contribution in [0.3, 0.4) is 0 Å². The summed E-state index contributed by atoms with van der Waals surface area (Å²) in [5, 5.41) is 0. The molecule has 3 nitrogen and oxygen atoms in total. The van der Waals surface area contributed by atoms with Crippen LogP contribution in [0.2, 0.25) is 6.55 Å². The number of azide groups is 1. The lowest BCUT2D eigenvalue weighted by Gasteiger charge is -1.54. The monoisotopic (exact) mass is 85.0 g/mol. The molecule has 0 aliphatic carbocycles. The SMILES string of the molecule is C[Si]N=[N+]=[N-]. The Morgan fingerprint density at radius 3 is 2.60 bits per heavy atom. The first-order chi connectivity index (χ1) is 2.41. The molecule has 5 heavy (non-hydrogen) atoms. The number of nitrogens with zero attached hydrogens (tertiary/aromatic N) is 3. The van der Waals surface area contributed by atoms with E-state index in [9.17, 15) is 0 Å². The van der Waals surface area contributed by atoms with Gasteiger partial charge in [-0.15, -0.1) is 4.78 Å². The average molecular weight is 85.1 g/mol. The Morgan fingerprint density at radius 1 is 2.00 bits per heavy atom. The van der Waals surface area contributed by atoms with Gasteiger partial charge in [0.25, 0.3) is 0 Å². The smallest absolute Gasteiger partial charge is 0.130 e. The van der Waals surface area contributed by atoms with Gasteiger partial charge in [-0.2, -0.15) is 0 Å². The molecule has 0 amide bonds. The van der Waals surface area contributed by atoms with Gasteiger partial charge in [-0.3, -0.25) is 0 Å². The van der Waals surface area contributed by atoms with Crippen molar-refractivity contribution in [3.63, 3.8) is 0 Å². The quantitative estimate of drug-likeness (QED) is 0.197. The zero-order valence-electron chi connectivity index (χ0n) is 2.84. The molecule has 0 spiro atoms. The van der Waals surface area contributed by atoms with E-state index < -0.39 is 0 Å². The molecule has 0 aromatic rings. The summed E-state index contributed by atoms with van der Waals surface area (Å²) in [6, 6.07) is 0. The molecule has 0 atom stereocenters. The summed E-state index contributed by atoms with van der Waals surface area (Å²) in [4.78, 5) is 2.49. The molecule has 0 saturated heterocycles. The molecule has 0 aromatic carbocycles. The minimum Gasteiger partial charge on any atom is -0.130 e. The van der Waals surface area contributed by atoms with Crippen LogP contribution >= 0.6 is 0 Å². The van der Waals surface area contributed by atoms with Crippen LogP contribution in [0.1, 0.15) is 0 Å². The topological polar surface area (TPSA) is 48.8 Å². The molecule has 26 valence electrons. The molecule has 0 heterocycles. The van der Waals surface area contributed by atoms with E-state index >= 15 is 0 Å². The van der Waals surface area contributed by atoms with Gasteiger partial charge in [-0.25, -0.2) is 0 Å². The lowest BCUT2D eigenvalue weighted by molar-refractivity contribution is 1.72. The first-order valence-corrected chi connectivity index (χ1v) is 2.57. The predicted molar refractivity (Wildman–Crippen MR) is 20.8 cm³/mol. The highest BCUT2D eigenvalue weighted by atomic mass is 28.2. The fraction of sp³-hybridized carbons (Fsp3) is 1.00. The summed E-state index contributed by atoms with van der Waals surface area (Å²) in [6.07, 6.45) is 0. The van der Waals surface area contributed by atoms with Crippen molar-refractivity contribution in [1.29, 1.82) is 0 Å². The van der Waals surface area contributed by atoms with Gasteiger partial charge in [0, 0.05) is 0 Å². The lowest BCUT2D eigenvalue weighted by atomic mass is 11.9. The highest BCUT2D eigenvalue weighted by Crippen LogP contribution is 1.57. The number of hydrogen-bond donors (Lipinski definition) is 0. The van der Waals surface area contributed by atoms with Gasteiger partial charge in [0.05, 0.1) is 0 Å². The van der Waals surface area contributed by atoms with Crippen LogP contribution in [0.4, 0.5) is 0 Å². The molecule has 0 N–H and O–H groups in total. The normalized spacial score (nSPS) is 5.80. The highest BCUT2D eigenvalue weighted by Gasteiger charge is 1.55. The Hall–Kier alpha value is -0.473. The van der Waals surface area contributed by atoms with E-state index in [1.165, 1.54) is 0 Å². The van der Waals surface area contributed by atoms with E-state index in [1.807, 2.05) is 6.55 Å². The molecule has 0 saturated carbocycles. The Balaban J connectivity index is 2.93. The molecule has 2 radical (unpaired) electrons. The summed E-state index contributed by atoms with van der Waals surface area (Å²) in [7, 11) is 0.366. The van der Waals surface area contributed by atoms with E-state index in [2.05, 4.69) is 9.69 Å². The minimum atomic E-state index is 0.366. The molecule has 0 aliphatic rings. The third-order valence-corrected chi connectivity index (χ3v) is 0.434. The van der Waals surface area contributed by atoms with Crippen LogP contribution in [0.25, 0.3) is 10.4 Å². The molecule has 4 heteroatoms. The second kappa shape index (κ2) is 3.53. The van der Waals surface area contributed by atoms with E-state index in [0.717, 1.165) is 0 Å². The summed E-state index contributed by atoms with van der Waals surface area (Å²) in [6.45, 7) is 1.82. The van der Waals surface area contributed by atoms with Gasteiger partial charge in [0.15, 0.2) is 0 Å². The summed E-state index contributed by atoms with van der Waals surface area (Å²) < 4.78 is 3.18. The minimum absolute atomic E-state index is 0.366. The Kier molecular flexibility index (Phi) is 3.19. The fourth-order valence-corrected chi connectivity index (χ4v) is 0.134. The van der Waals surface area contributed by atoms with Gasteiger partial charge in [0.1, 0.15) is 9.68 Å². The third kappa shape index (κ3) is 3.53.